The molecule has 17 heavy (non-hydrogen) atoms. The minimum Gasteiger partial charge on any atom is -0.550 e. The van der Waals surface area contributed by atoms with Gasteiger partial charge >= 0.3 is 0 Å². The molecule has 0 unspecified atom stereocenters. The number of carbonyl (C=O) groups excluding carboxylic acids is 2. The predicted octanol–water partition coefficient (Wildman–Crippen LogP) is -1.43. The number of nitrogens with zero attached hydrogens (tertiary/aromatic N) is 1. The fraction of sp³-hybridized carbons (Fsp3) is 0.200. The summed E-state index contributed by atoms with van der Waals surface area (Å²) >= 11 is 0. The molecule has 0 N–H and O–H groups in total. The van der Waals surface area contributed by atoms with Crippen molar-refractivity contribution in [1.29, 1.82) is 0 Å². The molecule has 1 atom stereocenters. The lowest BCUT2D eigenvalue weighted by atomic mass is 9.96. The minimum absolute atomic E-state index is 0.125. The maximum absolute atomic E-state index is 10.7. The summed E-state index contributed by atoms with van der Waals surface area (Å²) in [4.78, 5) is 30.8. The highest BCUT2D eigenvalue weighted by Crippen LogP contribution is 2.21. The van der Waals surface area contributed by atoms with E-state index in [9.17, 15) is 29.9 Å². The van der Waals surface area contributed by atoms with E-state index >= 15 is 0 Å². The number of carbonyl (C=O) groups is 2. The van der Waals surface area contributed by atoms with Crippen LogP contribution in [0.15, 0.2) is 24.3 Å². The molecule has 0 saturated heterocycles. The van der Waals surface area contributed by atoms with Gasteiger partial charge in [-0.05, 0) is 12.0 Å². The van der Waals surface area contributed by atoms with Gasteiger partial charge in [-0.25, -0.2) is 0 Å². The highest BCUT2D eigenvalue weighted by molar-refractivity contribution is 5.80. The van der Waals surface area contributed by atoms with Crippen LogP contribution in [0.25, 0.3) is 0 Å². The lowest BCUT2D eigenvalue weighted by molar-refractivity contribution is -0.384. The Labute approximate surface area is 95.5 Å². The highest BCUT2D eigenvalue weighted by Gasteiger charge is 2.14. The highest BCUT2D eigenvalue weighted by atomic mass is 16.6. The van der Waals surface area contributed by atoms with Crippen LogP contribution in [0.1, 0.15) is 17.9 Å². The number of nitro benzene ring substituents is 1. The van der Waals surface area contributed by atoms with Gasteiger partial charge in [-0.2, -0.15) is 0 Å². The Balaban J connectivity index is 2.99. The molecule has 7 heteroatoms. The van der Waals surface area contributed by atoms with Crippen LogP contribution in [0, 0.1) is 10.1 Å². The van der Waals surface area contributed by atoms with E-state index in [0.717, 1.165) is 12.1 Å². The van der Waals surface area contributed by atoms with E-state index < -0.39 is 29.2 Å². The van der Waals surface area contributed by atoms with Gasteiger partial charge in [0, 0.05) is 30.0 Å². The smallest absolute Gasteiger partial charge is 0.269 e. The maximum Gasteiger partial charge on any atom is 0.269 e. The average Bonchev–Trinajstić information content (AvgIpc) is 2.25. The first kappa shape index (κ1) is 12.6. The molecule has 0 aliphatic heterocycles. The number of hydrogen-bond acceptors (Lipinski definition) is 6. The topological polar surface area (TPSA) is 123 Å². The van der Waals surface area contributed by atoms with E-state index in [-0.39, 0.29) is 11.3 Å². The Morgan fingerprint density at radius 2 is 1.71 bits per heavy atom. The van der Waals surface area contributed by atoms with Crippen LogP contribution >= 0.6 is 0 Å². The van der Waals surface area contributed by atoms with Crippen LogP contribution in [0.5, 0.6) is 0 Å². The molecule has 1 aromatic rings. The van der Waals surface area contributed by atoms with Crippen LogP contribution in [-0.4, -0.2) is 16.9 Å². The van der Waals surface area contributed by atoms with Gasteiger partial charge in [0.25, 0.3) is 5.69 Å². The molecule has 1 aromatic carbocycles. The third kappa shape index (κ3) is 3.26. The molecule has 90 valence electrons. The zero-order chi connectivity index (χ0) is 13.0. The molecule has 0 saturated carbocycles. The third-order valence-electron chi connectivity index (χ3n) is 2.16. The Hall–Kier alpha value is -2.44. The van der Waals surface area contributed by atoms with Gasteiger partial charge in [-0.3, -0.25) is 10.1 Å². The zero-order valence-corrected chi connectivity index (χ0v) is 8.49. The lowest BCUT2D eigenvalue weighted by Gasteiger charge is -2.18. The van der Waals surface area contributed by atoms with Gasteiger partial charge in [0.05, 0.1) is 4.92 Å². The van der Waals surface area contributed by atoms with Crippen LogP contribution < -0.4 is 10.2 Å². The summed E-state index contributed by atoms with van der Waals surface area (Å²) in [6.45, 7) is 0. The number of carboxylic acids is 2. The van der Waals surface area contributed by atoms with E-state index in [2.05, 4.69) is 0 Å². The Kier molecular flexibility index (Phi) is 3.76. The predicted molar refractivity (Wildman–Crippen MR) is 50.5 cm³/mol. The van der Waals surface area contributed by atoms with Gasteiger partial charge < -0.3 is 19.8 Å². The molecule has 0 bridgehead atoms. The fourth-order valence-electron chi connectivity index (χ4n) is 1.33. The van der Waals surface area contributed by atoms with Gasteiger partial charge in [0.1, 0.15) is 0 Å². The number of carboxylic acid groups (broad SMARTS) is 2. The lowest BCUT2D eigenvalue weighted by Crippen LogP contribution is -2.34. The van der Waals surface area contributed by atoms with E-state index in [1.165, 1.54) is 12.1 Å². The van der Waals surface area contributed by atoms with Crippen molar-refractivity contribution in [2.45, 2.75) is 12.3 Å². The first-order chi connectivity index (χ1) is 7.91. The first-order valence-electron chi connectivity index (χ1n) is 4.57. The van der Waals surface area contributed by atoms with Crippen LogP contribution in [0.2, 0.25) is 0 Å². The molecule has 0 heterocycles. The molecule has 0 spiro atoms. The van der Waals surface area contributed by atoms with Gasteiger partial charge in [0.15, 0.2) is 0 Å². The zero-order valence-electron chi connectivity index (χ0n) is 8.49. The molecule has 0 aliphatic carbocycles. The Morgan fingerprint density at radius 3 is 2.06 bits per heavy atom. The number of benzene rings is 1. The van der Waals surface area contributed by atoms with Gasteiger partial charge in [-0.1, -0.05) is 12.1 Å². The molecule has 0 aliphatic rings. The minimum atomic E-state index is -1.57. The Morgan fingerprint density at radius 1 is 1.18 bits per heavy atom. The molecule has 0 fully saturated rings. The van der Waals surface area contributed by atoms with Crippen molar-refractivity contribution in [3.05, 3.63) is 39.9 Å². The second-order valence-electron chi connectivity index (χ2n) is 3.30. The van der Waals surface area contributed by atoms with E-state index in [1.54, 1.807) is 0 Å². The quantitative estimate of drug-likeness (QED) is 0.456. The normalized spacial score (nSPS) is 11.8. The molecular weight excluding hydrogens is 230 g/mol. The second kappa shape index (κ2) is 5.06. The first-order valence-corrected chi connectivity index (χ1v) is 4.57. The van der Waals surface area contributed by atoms with Gasteiger partial charge in [0.2, 0.25) is 0 Å². The number of hydrogen-bond donors (Lipinski definition) is 0. The van der Waals surface area contributed by atoms with Crippen molar-refractivity contribution in [3.8, 4) is 0 Å². The largest absolute Gasteiger partial charge is 0.550 e. The van der Waals surface area contributed by atoms with Crippen molar-refractivity contribution in [3.63, 3.8) is 0 Å². The van der Waals surface area contributed by atoms with Crippen molar-refractivity contribution in [1.82, 2.24) is 0 Å². The molecule has 0 radical (unpaired) electrons. The average molecular weight is 237 g/mol. The summed E-state index contributed by atoms with van der Waals surface area (Å²) in [6.07, 6.45) is -0.736. The summed E-state index contributed by atoms with van der Waals surface area (Å²) in [5, 5.41) is 31.4. The molecule has 7 nitrogen and oxygen atoms in total. The van der Waals surface area contributed by atoms with Crippen molar-refractivity contribution < 1.29 is 24.7 Å². The molecular formula is C10H7NO6-2. The fourth-order valence-corrected chi connectivity index (χ4v) is 1.33. The summed E-state index contributed by atoms with van der Waals surface area (Å²) in [5.74, 6) is -4.47. The van der Waals surface area contributed by atoms with Crippen molar-refractivity contribution in [2.24, 2.45) is 0 Å². The number of rotatable bonds is 5. The summed E-state index contributed by atoms with van der Waals surface area (Å²) in [6, 6.07) is 4.56. The third-order valence-corrected chi connectivity index (χ3v) is 2.16. The number of nitro groups is 1. The molecule has 1 rings (SSSR count). The summed E-state index contributed by atoms with van der Waals surface area (Å²) in [7, 11) is 0. The van der Waals surface area contributed by atoms with Gasteiger partial charge in [-0.15, -0.1) is 0 Å². The van der Waals surface area contributed by atoms with Crippen molar-refractivity contribution >= 4 is 17.6 Å². The standard InChI is InChI=1S/C10H9NO6/c12-9(13)5-8(10(14)15)6-1-3-7(4-2-6)11(16)17/h1-4,8H,5H2,(H,12,13)(H,14,15)/p-2/t8-/m0/s1. The van der Waals surface area contributed by atoms with Crippen LogP contribution in [0.3, 0.4) is 0 Å². The van der Waals surface area contributed by atoms with Crippen LogP contribution in [-0.2, 0) is 9.59 Å². The van der Waals surface area contributed by atoms with E-state index in [0.29, 0.717) is 0 Å². The summed E-state index contributed by atoms with van der Waals surface area (Å²) < 4.78 is 0. The molecule has 0 aromatic heterocycles. The number of aliphatic carboxylic acids is 2. The SMILES string of the molecule is O=C([O-])C[C@H](C(=O)[O-])c1ccc([N+](=O)[O-])cc1. The second-order valence-corrected chi connectivity index (χ2v) is 3.30. The maximum atomic E-state index is 10.7. The Bertz CT molecular complexity index is 452. The monoisotopic (exact) mass is 237 g/mol. The van der Waals surface area contributed by atoms with Crippen LogP contribution in [0.4, 0.5) is 5.69 Å². The number of non-ortho nitro benzene ring substituents is 1. The van der Waals surface area contributed by atoms with Crippen molar-refractivity contribution in [2.75, 3.05) is 0 Å². The molecule has 0 amide bonds. The van der Waals surface area contributed by atoms with E-state index in [1.807, 2.05) is 0 Å². The summed E-state index contributed by atoms with van der Waals surface area (Å²) in [5.41, 5.74) is -0.0842. The van der Waals surface area contributed by atoms with E-state index in [4.69, 9.17) is 0 Å².